The Morgan fingerprint density at radius 3 is 2.42 bits per heavy atom. The minimum Gasteiger partial charge on any atom is -0.243 e. The Morgan fingerprint density at radius 1 is 0.923 bits per heavy atom. The van der Waals surface area contributed by atoms with Crippen molar-refractivity contribution in [3.63, 3.8) is 0 Å². The van der Waals surface area contributed by atoms with Gasteiger partial charge >= 0.3 is 0 Å². The molecule has 0 N–H and O–H groups in total. The first-order chi connectivity index (χ1) is 12.4. The zero-order valence-corrected chi connectivity index (χ0v) is 14.7. The molecule has 3 heterocycles. The third kappa shape index (κ3) is 2.85. The number of rotatable bonds is 3. The molecule has 0 unspecified atom stereocenters. The van der Waals surface area contributed by atoms with Crippen LogP contribution in [0.4, 0.5) is 4.39 Å². The first-order valence-electron chi connectivity index (χ1n) is 7.55. The van der Waals surface area contributed by atoms with Crippen LogP contribution in [-0.2, 0) is 10.0 Å². The first-order valence-corrected chi connectivity index (χ1v) is 9.37. The summed E-state index contributed by atoms with van der Waals surface area (Å²) in [6.45, 7) is 0. The molecule has 4 rings (SSSR count). The maximum absolute atomic E-state index is 13.0. The van der Waals surface area contributed by atoms with Crippen LogP contribution in [-0.4, -0.2) is 22.4 Å². The average Bonchev–Trinajstić information content (AvgIpc) is 3.06. The van der Waals surface area contributed by atoms with Crippen LogP contribution in [0.2, 0.25) is 5.15 Å². The molecule has 0 fully saturated rings. The van der Waals surface area contributed by atoms with Gasteiger partial charge < -0.3 is 0 Å². The quantitative estimate of drug-likeness (QED) is 0.496. The second kappa shape index (κ2) is 6.19. The molecule has 130 valence electrons. The fourth-order valence-electron chi connectivity index (χ4n) is 2.67. The van der Waals surface area contributed by atoms with Gasteiger partial charge in [0.05, 0.1) is 5.52 Å². The summed E-state index contributed by atoms with van der Waals surface area (Å²) < 4.78 is 40.1. The number of hydrogen-bond donors (Lipinski definition) is 0. The van der Waals surface area contributed by atoms with E-state index in [1.54, 1.807) is 24.3 Å². The predicted octanol–water partition coefficient (Wildman–Crippen LogP) is 4.13. The van der Waals surface area contributed by atoms with Gasteiger partial charge in [-0.2, -0.15) is 4.39 Å². The lowest BCUT2D eigenvalue weighted by Gasteiger charge is -2.08. The smallest absolute Gasteiger partial charge is 0.243 e. The first kappa shape index (κ1) is 16.7. The van der Waals surface area contributed by atoms with Crippen LogP contribution >= 0.6 is 11.6 Å². The van der Waals surface area contributed by atoms with E-state index in [2.05, 4.69) is 9.97 Å². The fourth-order valence-corrected chi connectivity index (χ4v) is 4.07. The average molecular weight is 388 g/mol. The Morgan fingerprint density at radius 2 is 1.73 bits per heavy atom. The van der Waals surface area contributed by atoms with Crippen molar-refractivity contribution in [2.24, 2.45) is 0 Å². The van der Waals surface area contributed by atoms with Crippen LogP contribution in [0.25, 0.3) is 22.0 Å². The van der Waals surface area contributed by atoms with Crippen molar-refractivity contribution in [3.8, 4) is 11.1 Å². The van der Waals surface area contributed by atoms with Gasteiger partial charge in [0.2, 0.25) is 5.95 Å². The molecule has 26 heavy (non-hydrogen) atoms. The van der Waals surface area contributed by atoms with Gasteiger partial charge in [-0.15, -0.1) is 0 Å². The molecule has 0 spiro atoms. The van der Waals surface area contributed by atoms with Crippen molar-refractivity contribution in [2.75, 3.05) is 0 Å². The van der Waals surface area contributed by atoms with E-state index in [-0.39, 0.29) is 10.0 Å². The summed E-state index contributed by atoms with van der Waals surface area (Å²) in [6, 6.07) is 12.8. The van der Waals surface area contributed by atoms with Gasteiger partial charge in [0, 0.05) is 29.5 Å². The summed E-state index contributed by atoms with van der Waals surface area (Å²) in [4.78, 5) is 7.51. The Kier molecular flexibility index (Phi) is 3.97. The van der Waals surface area contributed by atoms with E-state index in [9.17, 15) is 12.8 Å². The molecule has 3 aromatic heterocycles. The van der Waals surface area contributed by atoms with E-state index in [1.807, 2.05) is 6.07 Å². The lowest BCUT2D eigenvalue weighted by molar-refractivity contribution is 0.584. The zero-order chi connectivity index (χ0) is 18.3. The predicted molar refractivity (Wildman–Crippen MR) is 97.0 cm³/mol. The molecule has 4 aromatic rings. The number of hydrogen-bond acceptors (Lipinski definition) is 4. The Bertz CT molecular complexity index is 1200. The lowest BCUT2D eigenvalue weighted by Crippen LogP contribution is -2.12. The maximum atomic E-state index is 13.0. The highest BCUT2D eigenvalue weighted by Gasteiger charge is 2.19. The van der Waals surface area contributed by atoms with E-state index in [4.69, 9.17) is 11.6 Å². The highest BCUT2D eigenvalue weighted by molar-refractivity contribution is 7.90. The van der Waals surface area contributed by atoms with Crippen molar-refractivity contribution in [1.82, 2.24) is 13.9 Å². The van der Waals surface area contributed by atoms with Gasteiger partial charge in [0.25, 0.3) is 10.0 Å². The SMILES string of the molecule is O=S(=O)(c1ccc(Cl)nc1)n1ccc2ccc(-c3ccc(F)nc3)cc21. The Hall–Kier alpha value is -2.77. The third-order valence-electron chi connectivity index (χ3n) is 3.98. The molecule has 1 aromatic carbocycles. The van der Waals surface area contributed by atoms with Crippen LogP contribution in [0.1, 0.15) is 0 Å². The summed E-state index contributed by atoms with van der Waals surface area (Å²) in [7, 11) is -3.82. The minimum absolute atomic E-state index is 0.0354. The van der Waals surface area contributed by atoms with Crippen molar-refractivity contribution >= 4 is 32.5 Å². The second-order valence-corrected chi connectivity index (χ2v) is 7.78. The number of aromatic nitrogens is 3. The normalized spacial score (nSPS) is 11.8. The van der Waals surface area contributed by atoms with Crippen LogP contribution in [0, 0.1) is 5.95 Å². The topological polar surface area (TPSA) is 64.8 Å². The summed E-state index contributed by atoms with van der Waals surface area (Å²) in [5, 5.41) is 0.974. The van der Waals surface area contributed by atoms with E-state index in [0.29, 0.717) is 11.1 Å². The monoisotopic (exact) mass is 387 g/mol. The molecule has 0 saturated heterocycles. The van der Waals surface area contributed by atoms with Gasteiger partial charge in [-0.25, -0.2) is 22.4 Å². The van der Waals surface area contributed by atoms with Crippen molar-refractivity contribution in [1.29, 1.82) is 0 Å². The molecule has 0 aliphatic heterocycles. The van der Waals surface area contributed by atoms with Gasteiger partial charge in [0.15, 0.2) is 0 Å². The number of pyridine rings is 2. The maximum Gasteiger partial charge on any atom is 0.269 e. The van der Waals surface area contributed by atoms with Crippen LogP contribution in [0.5, 0.6) is 0 Å². The zero-order valence-electron chi connectivity index (χ0n) is 13.2. The van der Waals surface area contributed by atoms with Crippen LogP contribution in [0.15, 0.2) is 72.0 Å². The molecule has 0 amide bonds. The molecular formula is C18H11ClFN3O2S. The van der Waals surface area contributed by atoms with Crippen molar-refractivity contribution in [2.45, 2.75) is 4.90 Å². The molecule has 5 nitrogen and oxygen atoms in total. The lowest BCUT2D eigenvalue weighted by atomic mass is 10.1. The van der Waals surface area contributed by atoms with E-state index in [0.717, 1.165) is 10.9 Å². The summed E-state index contributed by atoms with van der Waals surface area (Å²) in [6.07, 6.45) is 4.11. The van der Waals surface area contributed by atoms with Crippen LogP contribution < -0.4 is 0 Å². The molecule has 0 radical (unpaired) electrons. The van der Waals surface area contributed by atoms with Gasteiger partial charge in [-0.1, -0.05) is 23.7 Å². The molecular weight excluding hydrogens is 377 g/mol. The number of fused-ring (bicyclic) bond motifs is 1. The highest BCUT2D eigenvalue weighted by atomic mass is 35.5. The minimum atomic E-state index is -3.82. The fraction of sp³-hybridized carbons (Fsp3) is 0. The molecule has 0 aliphatic rings. The second-order valence-electron chi connectivity index (χ2n) is 5.58. The van der Waals surface area contributed by atoms with Crippen molar-refractivity contribution < 1.29 is 12.8 Å². The molecule has 0 aliphatic carbocycles. The summed E-state index contributed by atoms with van der Waals surface area (Å²) in [5.74, 6) is -0.573. The van der Waals surface area contributed by atoms with Gasteiger partial charge in [-0.05, 0) is 42.0 Å². The number of halogens is 2. The molecule has 0 atom stereocenters. The van der Waals surface area contributed by atoms with Gasteiger partial charge in [0.1, 0.15) is 10.0 Å². The summed E-state index contributed by atoms with van der Waals surface area (Å²) in [5.41, 5.74) is 1.92. The van der Waals surface area contributed by atoms with E-state index in [1.165, 1.54) is 40.8 Å². The standard InChI is InChI=1S/C18H11ClFN3O2S/c19-17-5-4-15(11-21-17)26(24,25)23-8-7-12-1-2-13(9-16(12)23)14-3-6-18(20)22-10-14/h1-11H. The Labute approximate surface area is 153 Å². The van der Waals surface area contributed by atoms with Crippen molar-refractivity contribution in [3.05, 3.63) is 78.2 Å². The number of benzene rings is 1. The molecule has 0 saturated carbocycles. The van der Waals surface area contributed by atoms with E-state index >= 15 is 0 Å². The largest absolute Gasteiger partial charge is 0.269 e. The van der Waals surface area contributed by atoms with E-state index < -0.39 is 16.0 Å². The number of nitrogens with zero attached hydrogens (tertiary/aromatic N) is 3. The summed E-state index contributed by atoms with van der Waals surface area (Å²) >= 11 is 5.74. The van der Waals surface area contributed by atoms with Crippen LogP contribution in [0.3, 0.4) is 0 Å². The molecule has 0 bridgehead atoms. The highest BCUT2D eigenvalue weighted by Crippen LogP contribution is 2.27. The Balaban J connectivity index is 1.87. The molecule has 8 heteroatoms. The third-order valence-corrected chi connectivity index (χ3v) is 5.87. The van der Waals surface area contributed by atoms with Gasteiger partial charge in [-0.3, -0.25) is 0 Å².